The van der Waals surface area contributed by atoms with Gasteiger partial charge in [-0.05, 0) is 18.4 Å². The van der Waals surface area contributed by atoms with Crippen molar-refractivity contribution in [1.82, 2.24) is 4.98 Å². The molecule has 2 aromatic rings. The first-order chi connectivity index (χ1) is 8.50. The fourth-order valence-electron chi connectivity index (χ4n) is 1.84. The summed E-state index contributed by atoms with van der Waals surface area (Å²) in [7, 11) is 0. The Morgan fingerprint density at radius 3 is 2.50 bits per heavy atom. The molecule has 0 fully saturated rings. The average molecular weight is 259 g/mol. The molecule has 1 heterocycles. The molecule has 2 rings (SSSR count). The van der Waals surface area contributed by atoms with Gasteiger partial charge in [-0.3, -0.25) is 5.41 Å². The number of nitrogens with two attached hydrogens (primary N) is 1. The summed E-state index contributed by atoms with van der Waals surface area (Å²) in [5.74, 6) is 0.383. The van der Waals surface area contributed by atoms with Gasteiger partial charge < -0.3 is 5.73 Å². The summed E-state index contributed by atoms with van der Waals surface area (Å²) in [5, 5.41) is 8.59. The first-order valence-corrected chi connectivity index (χ1v) is 6.73. The number of nitrogens with zero attached hydrogens (tertiary/aromatic N) is 1. The molecule has 0 saturated heterocycles. The molecule has 0 spiro atoms. The maximum atomic E-state index is 7.65. The van der Waals surface area contributed by atoms with Crippen LogP contribution in [0.1, 0.15) is 35.9 Å². The molecular formula is C14H17N3S. The number of benzene rings is 1. The molecule has 0 aliphatic rings. The average Bonchev–Trinajstić information content (AvgIpc) is 2.74. The van der Waals surface area contributed by atoms with Crippen LogP contribution in [0.15, 0.2) is 24.3 Å². The Balaban J connectivity index is 2.57. The Morgan fingerprint density at radius 2 is 2.00 bits per heavy atom. The summed E-state index contributed by atoms with van der Waals surface area (Å²) in [6.45, 7) is 6.21. The SMILES string of the molecule is Cc1ccccc1-c1nc(C(C)C)c(C(=N)N)s1. The fourth-order valence-corrected chi connectivity index (χ4v) is 3.02. The van der Waals surface area contributed by atoms with E-state index in [1.807, 2.05) is 12.1 Å². The third-order valence-corrected chi connectivity index (χ3v) is 3.96. The smallest absolute Gasteiger partial charge is 0.135 e. The van der Waals surface area contributed by atoms with Gasteiger partial charge in [-0.2, -0.15) is 0 Å². The zero-order valence-corrected chi connectivity index (χ0v) is 11.6. The summed E-state index contributed by atoms with van der Waals surface area (Å²) < 4.78 is 0. The van der Waals surface area contributed by atoms with E-state index >= 15 is 0 Å². The molecule has 94 valence electrons. The van der Waals surface area contributed by atoms with Crippen LogP contribution in [0.4, 0.5) is 0 Å². The van der Waals surface area contributed by atoms with Crippen molar-refractivity contribution in [2.24, 2.45) is 5.73 Å². The molecule has 4 heteroatoms. The van der Waals surface area contributed by atoms with Crippen LogP contribution in [0.5, 0.6) is 0 Å². The molecule has 0 aliphatic carbocycles. The predicted octanol–water partition coefficient (Wildman–Crippen LogP) is 3.53. The molecule has 0 saturated carbocycles. The molecule has 3 N–H and O–H groups in total. The van der Waals surface area contributed by atoms with Gasteiger partial charge in [0.25, 0.3) is 0 Å². The number of hydrogen-bond acceptors (Lipinski definition) is 3. The maximum Gasteiger partial charge on any atom is 0.135 e. The second-order valence-corrected chi connectivity index (χ2v) is 5.62. The standard InChI is InChI=1S/C14H17N3S/c1-8(2)11-12(13(15)16)18-14(17-11)10-7-5-4-6-9(10)3/h4-8H,1-3H3,(H3,15,16). The van der Waals surface area contributed by atoms with E-state index in [0.717, 1.165) is 21.1 Å². The molecule has 0 unspecified atom stereocenters. The van der Waals surface area contributed by atoms with E-state index in [4.69, 9.17) is 11.1 Å². The van der Waals surface area contributed by atoms with E-state index in [9.17, 15) is 0 Å². The van der Waals surface area contributed by atoms with E-state index in [2.05, 4.69) is 37.9 Å². The highest BCUT2D eigenvalue weighted by molar-refractivity contribution is 7.17. The normalized spacial score (nSPS) is 10.9. The van der Waals surface area contributed by atoms with Crippen LogP contribution in [-0.4, -0.2) is 10.8 Å². The molecular weight excluding hydrogens is 242 g/mol. The first-order valence-electron chi connectivity index (χ1n) is 5.91. The van der Waals surface area contributed by atoms with Crippen molar-refractivity contribution in [2.75, 3.05) is 0 Å². The van der Waals surface area contributed by atoms with Crippen LogP contribution in [0.3, 0.4) is 0 Å². The van der Waals surface area contributed by atoms with Gasteiger partial charge in [0.15, 0.2) is 0 Å². The largest absolute Gasteiger partial charge is 0.383 e. The molecule has 0 atom stereocenters. The monoisotopic (exact) mass is 259 g/mol. The Kier molecular flexibility index (Phi) is 3.48. The third-order valence-electron chi connectivity index (χ3n) is 2.82. The molecule has 3 nitrogen and oxygen atoms in total. The lowest BCUT2D eigenvalue weighted by atomic mass is 10.1. The number of nitrogens with one attached hydrogen (secondary N) is 1. The topological polar surface area (TPSA) is 62.8 Å². The van der Waals surface area contributed by atoms with E-state index < -0.39 is 0 Å². The minimum Gasteiger partial charge on any atom is -0.383 e. The lowest BCUT2D eigenvalue weighted by Crippen LogP contribution is -2.12. The van der Waals surface area contributed by atoms with Crippen LogP contribution in [0, 0.1) is 12.3 Å². The van der Waals surface area contributed by atoms with E-state index in [-0.39, 0.29) is 11.8 Å². The van der Waals surface area contributed by atoms with Crippen LogP contribution in [-0.2, 0) is 0 Å². The summed E-state index contributed by atoms with van der Waals surface area (Å²) >= 11 is 1.50. The van der Waals surface area contributed by atoms with Crippen molar-refractivity contribution < 1.29 is 0 Å². The second-order valence-electron chi connectivity index (χ2n) is 4.62. The number of aromatic nitrogens is 1. The molecule has 0 bridgehead atoms. The van der Waals surface area contributed by atoms with E-state index in [1.54, 1.807) is 0 Å². The number of hydrogen-bond donors (Lipinski definition) is 2. The summed E-state index contributed by atoms with van der Waals surface area (Å²) in [4.78, 5) is 5.45. The summed E-state index contributed by atoms with van der Waals surface area (Å²) in [6, 6.07) is 8.15. The molecule has 18 heavy (non-hydrogen) atoms. The van der Waals surface area contributed by atoms with Crippen LogP contribution in [0.2, 0.25) is 0 Å². The summed E-state index contributed by atoms with van der Waals surface area (Å²) in [6.07, 6.45) is 0. The zero-order chi connectivity index (χ0) is 13.3. The number of amidine groups is 1. The van der Waals surface area contributed by atoms with Crippen molar-refractivity contribution in [2.45, 2.75) is 26.7 Å². The van der Waals surface area contributed by atoms with Crippen molar-refractivity contribution in [3.05, 3.63) is 40.4 Å². The van der Waals surface area contributed by atoms with Crippen LogP contribution < -0.4 is 5.73 Å². The van der Waals surface area contributed by atoms with Crippen LogP contribution >= 0.6 is 11.3 Å². The van der Waals surface area contributed by atoms with E-state index in [1.165, 1.54) is 16.9 Å². The van der Waals surface area contributed by atoms with Gasteiger partial charge in [-0.25, -0.2) is 4.98 Å². The third kappa shape index (κ3) is 2.29. The Hall–Kier alpha value is -1.68. The Morgan fingerprint density at radius 1 is 1.33 bits per heavy atom. The van der Waals surface area contributed by atoms with Gasteiger partial charge in [0, 0.05) is 5.56 Å². The van der Waals surface area contributed by atoms with Gasteiger partial charge in [-0.1, -0.05) is 38.1 Å². The second kappa shape index (κ2) is 4.90. The highest BCUT2D eigenvalue weighted by atomic mass is 32.1. The van der Waals surface area contributed by atoms with Crippen molar-refractivity contribution in [1.29, 1.82) is 5.41 Å². The quantitative estimate of drug-likeness (QED) is 0.654. The Bertz CT molecular complexity index is 584. The molecule has 1 aromatic heterocycles. The van der Waals surface area contributed by atoms with Crippen molar-refractivity contribution in [3.63, 3.8) is 0 Å². The van der Waals surface area contributed by atoms with Crippen LogP contribution in [0.25, 0.3) is 10.6 Å². The first kappa shape index (κ1) is 12.8. The number of thiazole rings is 1. The molecule has 1 aromatic carbocycles. The fraction of sp³-hybridized carbons (Fsp3) is 0.286. The molecule has 0 radical (unpaired) electrons. The molecule has 0 amide bonds. The van der Waals surface area contributed by atoms with E-state index in [0.29, 0.717) is 0 Å². The van der Waals surface area contributed by atoms with Crippen molar-refractivity contribution in [3.8, 4) is 10.6 Å². The minimum absolute atomic E-state index is 0.107. The highest BCUT2D eigenvalue weighted by Crippen LogP contribution is 2.32. The van der Waals surface area contributed by atoms with Gasteiger partial charge in [0.1, 0.15) is 10.8 Å². The van der Waals surface area contributed by atoms with Gasteiger partial charge in [0.05, 0.1) is 10.6 Å². The van der Waals surface area contributed by atoms with Crippen molar-refractivity contribution >= 4 is 17.2 Å². The number of nitrogen functional groups attached to an aromatic ring is 1. The lowest BCUT2D eigenvalue weighted by molar-refractivity contribution is 0.831. The van der Waals surface area contributed by atoms with Gasteiger partial charge >= 0.3 is 0 Å². The maximum absolute atomic E-state index is 7.65. The number of rotatable bonds is 3. The molecule has 0 aliphatic heterocycles. The zero-order valence-electron chi connectivity index (χ0n) is 10.8. The van der Waals surface area contributed by atoms with Gasteiger partial charge in [0.2, 0.25) is 0 Å². The number of aryl methyl sites for hydroxylation is 1. The minimum atomic E-state index is 0.107. The summed E-state index contributed by atoms with van der Waals surface area (Å²) in [5.41, 5.74) is 8.87. The predicted molar refractivity (Wildman–Crippen MR) is 77.4 cm³/mol. The Labute approximate surface area is 111 Å². The van der Waals surface area contributed by atoms with Gasteiger partial charge in [-0.15, -0.1) is 11.3 Å². The lowest BCUT2D eigenvalue weighted by Gasteiger charge is -2.02. The highest BCUT2D eigenvalue weighted by Gasteiger charge is 2.17.